The zero-order chi connectivity index (χ0) is 10.8. The highest BCUT2D eigenvalue weighted by Gasteiger charge is 2.05. The molecular formula is C11H11FN2S. The molecule has 0 aliphatic carbocycles. The third kappa shape index (κ3) is 2.04. The lowest BCUT2D eigenvalue weighted by Gasteiger charge is -2.04. The minimum Gasteiger partial charge on any atom is -0.227 e. The van der Waals surface area contributed by atoms with Crippen LogP contribution in [0.5, 0.6) is 0 Å². The maximum absolute atomic E-state index is 12.8. The summed E-state index contributed by atoms with van der Waals surface area (Å²) in [5.41, 5.74) is 1.84. The van der Waals surface area contributed by atoms with Crippen LogP contribution in [0.1, 0.15) is 5.69 Å². The van der Waals surface area contributed by atoms with E-state index in [1.807, 2.05) is 23.9 Å². The second kappa shape index (κ2) is 4.06. The molecule has 0 N–H and O–H groups in total. The number of benzene rings is 1. The van der Waals surface area contributed by atoms with Crippen molar-refractivity contribution in [3.05, 3.63) is 41.8 Å². The molecule has 0 spiro atoms. The molecule has 0 aliphatic rings. The smallest absolute Gasteiger partial charge is 0.123 e. The molecule has 1 heterocycles. The van der Waals surface area contributed by atoms with Crippen LogP contribution in [0.3, 0.4) is 0 Å². The van der Waals surface area contributed by atoms with E-state index in [4.69, 9.17) is 0 Å². The van der Waals surface area contributed by atoms with Gasteiger partial charge in [-0.2, -0.15) is 5.10 Å². The van der Waals surface area contributed by atoms with Gasteiger partial charge < -0.3 is 0 Å². The number of aromatic nitrogens is 2. The summed E-state index contributed by atoms with van der Waals surface area (Å²) in [6.45, 7) is 1.94. The molecule has 2 nitrogen and oxygen atoms in total. The lowest BCUT2D eigenvalue weighted by molar-refractivity contribution is 0.626. The maximum atomic E-state index is 12.8. The molecule has 4 heteroatoms. The first-order valence-electron chi connectivity index (χ1n) is 4.57. The average molecular weight is 222 g/mol. The highest BCUT2D eigenvalue weighted by atomic mass is 32.2. The van der Waals surface area contributed by atoms with Crippen LogP contribution in [0.2, 0.25) is 0 Å². The summed E-state index contributed by atoms with van der Waals surface area (Å²) in [4.78, 5) is 0. The summed E-state index contributed by atoms with van der Waals surface area (Å²) in [7, 11) is 0. The molecule has 1 aromatic heterocycles. The number of rotatable bonds is 2. The standard InChI is InChI=1S/C11H11FN2S/c1-8-7-11(15-2)14(13-8)10-5-3-9(12)4-6-10/h3-7H,1-2H3. The summed E-state index contributed by atoms with van der Waals surface area (Å²) in [5, 5.41) is 5.41. The van der Waals surface area contributed by atoms with Crippen molar-refractivity contribution in [2.24, 2.45) is 0 Å². The Morgan fingerprint density at radius 3 is 2.53 bits per heavy atom. The topological polar surface area (TPSA) is 17.8 Å². The SMILES string of the molecule is CSc1cc(C)nn1-c1ccc(F)cc1. The van der Waals surface area contributed by atoms with Crippen LogP contribution in [-0.2, 0) is 0 Å². The molecule has 2 rings (SSSR count). The van der Waals surface area contributed by atoms with Gasteiger partial charge in [0.25, 0.3) is 0 Å². The van der Waals surface area contributed by atoms with Gasteiger partial charge in [-0.25, -0.2) is 9.07 Å². The first kappa shape index (κ1) is 10.2. The molecule has 0 aliphatic heterocycles. The van der Waals surface area contributed by atoms with E-state index >= 15 is 0 Å². The Morgan fingerprint density at radius 1 is 1.27 bits per heavy atom. The van der Waals surface area contributed by atoms with Crippen molar-refractivity contribution in [1.29, 1.82) is 0 Å². The quantitative estimate of drug-likeness (QED) is 0.727. The molecule has 15 heavy (non-hydrogen) atoms. The Morgan fingerprint density at radius 2 is 1.93 bits per heavy atom. The zero-order valence-corrected chi connectivity index (χ0v) is 9.38. The molecule has 0 amide bonds. The third-order valence-corrected chi connectivity index (χ3v) is 2.79. The second-order valence-corrected chi connectivity index (χ2v) is 4.04. The van der Waals surface area contributed by atoms with Gasteiger partial charge in [0, 0.05) is 0 Å². The van der Waals surface area contributed by atoms with E-state index in [1.165, 1.54) is 12.1 Å². The predicted molar refractivity (Wildman–Crippen MR) is 60.0 cm³/mol. The third-order valence-electron chi connectivity index (χ3n) is 2.08. The summed E-state index contributed by atoms with van der Waals surface area (Å²) in [6, 6.07) is 8.34. The predicted octanol–water partition coefficient (Wildman–Crippen LogP) is 3.04. The van der Waals surface area contributed by atoms with Crippen molar-refractivity contribution >= 4 is 11.8 Å². The van der Waals surface area contributed by atoms with Gasteiger partial charge in [0.05, 0.1) is 16.4 Å². The number of thioether (sulfide) groups is 1. The average Bonchev–Trinajstić information content (AvgIpc) is 2.61. The van der Waals surface area contributed by atoms with Crippen LogP contribution >= 0.6 is 11.8 Å². The van der Waals surface area contributed by atoms with Crippen molar-refractivity contribution in [2.75, 3.05) is 6.26 Å². The van der Waals surface area contributed by atoms with Gasteiger partial charge in [0.2, 0.25) is 0 Å². The fourth-order valence-corrected chi connectivity index (χ4v) is 2.00. The van der Waals surface area contributed by atoms with Crippen LogP contribution in [0.25, 0.3) is 5.69 Å². The molecule has 0 radical (unpaired) electrons. The molecule has 0 saturated carbocycles. The molecule has 1 aromatic carbocycles. The Labute approximate surface area is 92.1 Å². The lowest BCUT2D eigenvalue weighted by atomic mass is 10.3. The van der Waals surface area contributed by atoms with Crippen LogP contribution in [0.15, 0.2) is 35.4 Å². The van der Waals surface area contributed by atoms with Gasteiger partial charge in [0.15, 0.2) is 0 Å². The molecule has 78 valence electrons. The van der Waals surface area contributed by atoms with Gasteiger partial charge in [-0.3, -0.25) is 0 Å². The van der Waals surface area contributed by atoms with Gasteiger partial charge in [0.1, 0.15) is 5.82 Å². The van der Waals surface area contributed by atoms with Crippen LogP contribution < -0.4 is 0 Å². The van der Waals surface area contributed by atoms with Gasteiger partial charge in [-0.1, -0.05) is 0 Å². The highest BCUT2D eigenvalue weighted by Crippen LogP contribution is 2.20. The molecule has 0 saturated heterocycles. The maximum Gasteiger partial charge on any atom is 0.123 e. The zero-order valence-electron chi connectivity index (χ0n) is 8.57. The molecular weight excluding hydrogens is 211 g/mol. The van der Waals surface area contributed by atoms with Gasteiger partial charge in [-0.05, 0) is 43.5 Å². The number of halogens is 1. The molecule has 0 unspecified atom stereocenters. The molecule has 2 aromatic rings. The minimum absolute atomic E-state index is 0.228. The number of hydrogen-bond donors (Lipinski definition) is 0. The minimum atomic E-state index is -0.228. The van der Waals surface area contributed by atoms with Crippen LogP contribution in [0, 0.1) is 12.7 Å². The van der Waals surface area contributed by atoms with E-state index in [1.54, 1.807) is 23.9 Å². The van der Waals surface area contributed by atoms with E-state index in [-0.39, 0.29) is 5.82 Å². The highest BCUT2D eigenvalue weighted by molar-refractivity contribution is 7.98. The monoisotopic (exact) mass is 222 g/mol. The Balaban J connectivity index is 2.48. The Hall–Kier alpha value is -1.29. The van der Waals surface area contributed by atoms with Crippen molar-refractivity contribution in [3.63, 3.8) is 0 Å². The summed E-state index contributed by atoms with van der Waals surface area (Å²) in [6.07, 6.45) is 2.00. The van der Waals surface area contributed by atoms with Crippen molar-refractivity contribution in [2.45, 2.75) is 11.9 Å². The summed E-state index contributed by atoms with van der Waals surface area (Å²) in [5.74, 6) is -0.228. The number of hydrogen-bond acceptors (Lipinski definition) is 2. The summed E-state index contributed by atoms with van der Waals surface area (Å²) >= 11 is 1.62. The fourth-order valence-electron chi connectivity index (χ4n) is 1.39. The largest absolute Gasteiger partial charge is 0.227 e. The number of nitrogens with zero attached hydrogens (tertiary/aromatic N) is 2. The fraction of sp³-hybridized carbons (Fsp3) is 0.182. The molecule has 0 fully saturated rings. The van der Waals surface area contributed by atoms with E-state index in [0.717, 1.165) is 16.4 Å². The number of aryl methyl sites for hydroxylation is 1. The molecule has 0 bridgehead atoms. The van der Waals surface area contributed by atoms with E-state index in [9.17, 15) is 4.39 Å². The summed E-state index contributed by atoms with van der Waals surface area (Å²) < 4.78 is 14.6. The first-order valence-corrected chi connectivity index (χ1v) is 5.80. The molecule has 0 atom stereocenters. The van der Waals surface area contributed by atoms with Gasteiger partial charge in [-0.15, -0.1) is 11.8 Å². The first-order chi connectivity index (χ1) is 7.20. The normalized spacial score (nSPS) is 10.6. The van der Waals surface area contributed by atoms with E-state index < -0.39 is 0 Å². The van der Waals surface area contributed by atoms with Crippen LogP contribution in [0.4, 0.5) is 4.39 Å². The Bertz CT molecular complexity index is 462. The van der Waals surface area contributed by atoms with Crippen molar-refractivity contribution in [1.82, 2.24) is 9.78 Å². The second-order valence-electron chi connectivity index (χ2n) is 3.22. The van der Waals surface area contributed by atoms with E-state index in [2.05, 4.69) is 5.10 Å². The van der Waals surface area contributed by atoms with Crippen molar-refractivity contribution < 1.29 is 4.39 Å². The van der Waals surface area contributed by atoms with Crippen molar-refractivity contribution in [3.8, 4) is 5.69 Å². The Kier molecular flexibility index (Phi) is 2.77. The van der Waals surface area contributed by atoms with Crippen LogP contribution in [-0.4, -0.2) is 16.0 Å². The lowest BCUT2D eigenvalue weighted by Crippen LogP contribution is -1.97. The van der Waals surface area contributed by atoms with Gasteiger partial charge >= 0.3 is 0 Å². The van der Waals surface area contributed by atoms with E-state index in [0.29, 0.717) is 0 Å².